The lowest BCUT2D eigenvalue weighted by atomic mass is 10.1. The van der Waals surface area contributed by atoms with E-state index in [0.29, 0.717) is 40.8 Å². The fraction of sp³-hybridized carbons (Fsp3) is 0.244. The molecule has 0 aliphatic carbocycles. The minimum Gasteiger partial charge on any atom is -0.497 e. The number of methoxy groups -OCH3 is 2. The number of anilines is 4. The zero-order chi connectivity index (χ0) is 38.7. The van der Waals surface area contributed by atoms with Crippen LogP contribution in [0.25, 0.3) is 16.5 Å². The maximum atomic E-state index is 13.5. The summed E-state index contributed by atoms with van der Waals surface area (Å²) in [5, 5.41) is 18.4. The molecule has 0 saturated heterocycles. The molecule has 14 nitrogen and oxygen atoms in total. The largest absolute Gasteiger partial charge is 0.497 e. The molecule has 4 aromatic carbocycles. The number of hydrogen-bond acceptors (Lipinski definition) is 10. The second-order valence-corrected chi connectivity index (χ2v) is 12.9. The van der Waals surface area contributed by atoms with Crippen LogP contribution in [0.15, 0.2) is 97.2 Å². The van der Waals surface area contributed by atoms with Gasteiger partial charge in [-0.2, -0.15) is 10.1 Å². The highest BCUT2D eigenvalue weighted by Crippen LogP contribution is 2.35. The van der Waals surface area contributed by atoms with Gasteiger partial charge in [0.15, 0.2) is 0 Å². The molecule has 0 aliphatic rings. The predicted octanol–water partition coefficient (Wildman–Crippen LogP) is 7.65. The van der Waals surface area contributed by atoms with Crippen molar-refractivity contribution >= 4 is 45.9 Å². The van der Waals surface area contributed by atoms with Crippen LogP contribution in [-0.4, -0.2) is 78.0 Å². The fourth-order valence-electron chi connectivity index (χ4n) is 5.79. The third-order valence-corrected chi connectivity index (χ3v) is 8.63. The van der Waals surface area contributed by atoms with Crippen LogP contribution < -0.4 is 35.5 Å². The Kier molecular flexibility index (Phi) is 12.4. The van der Waals surface area contributed by atoms with Gasteiger partial charge in [0.05, 0.1) is 37.0 Å². The Hall–Kier alpha value is -6.67. The number of likely N-dealkylation sites (N-methyl/N-ethyl adjacent to an activating group) is 1. The third kappa shape index (κ3) is 9.66. The lowest BCUT2D eigenvalue weighted by Crippen LogP contribution is -2.31. The summed E-state index contributed by atoms with van der Waals surface area (Å²) in [7, 11) is 7.06. The van der Waals surface area contributed by atoms with E-state index in [-0.39, 0.29) is 17.7 Å². The molecule has 6 rings (SSSR count). The SMILES string of the molecule is CCCCc1cc(NC(=O)Nc2ccc(Oc3ccnc(Nc4cc(C(=O)NCCN(C)C)ccc4OC)n3)c3ccccc23)n(-c2ccc(OC)cc2)n1. The van der Waals surface area contributed by atoms with E-state index in [0.717, 1.165) is 53.7 Å². The van der Waals surface area contributed by atoms with Crippen molar-refractivity contribution in [2.75, 3.05) is 57.4 Å². The molecule has 0 fully saturated rings. The summed E-state index contributed by atoms with van der Waals surface area (Å²) in [4.78, 5) is 37.2. The second kappa shape index (κ2) is 17.9. The molecule has 3 amide bonds. The monoisotopic (exact) mass is 743 g/mol. The summed E-state index contributed by atoms with van der Waals surface area (Å²) in [5.74, 6) is 2.63. The number of carbonyl (C=O) groups excluding carboxylic acids is 2. The first-order chi connectivity index (χ1) is 26.7. The zero-order valence-corrected chi connectivity index (χ0v) is 31.6. The number of nitrogens with zero attached hydrogens (tertiary/aromatic N) is 5. The molecular formula is C41H45N9O5. The maximum Gasteiger partial charge on any atom is 0.324 e. The lowest BCUT2D eigenvalue weighted by molar-refractivity contribution is 0.0951. The Morgan fingerprint density at radius 2 is 1.62 bits per heavy atom. The maximum absolute atomic E-state index is 13.5. The number of nitrogens with one attached hydrogen (secondary N) is 4. The first kappa shape index (κ1) is 38.1. The molecule has 0 radical (unpaired) electrons. The van der Waals surface area contributed by atoms with Gasteiger partial charge in [-0.15, -0.1) is 0 Å². The smallest absolute Gasteiger partial charge is 0.324 e. The first-order valence-corrected chi connectivity index (χ1v) is 18.0. The summed E-state index contributed by atoms with van der Waals surface area (Å²) in [6, 6.07) is 26.9. The first-order valence-electron chi connectivity index (χ1n) is 18.0. The number of aromatic nitrogens is 4. The van der Waals surface area contributed by atoms with Crippen molar-refractivity contribution in [3.05, 3.63) is 108 Å². The van der Waals surface area contributed by atoms with Crippen LogP contribution in [0.5, 0.6) is 23.1 Å². The highest BCUT2D eigenvalue weighted by Gasteiger charge is 2.17. The molecule has 0 atom stereocenters. The van der Waals surface area contributed by atoms with E-state index in [1.807, 2.05) is 73.6 Å². The molecule has 0 bridgehead atoms. The van der Waals surface area contributed by atoms with Gasteiger partial charge in [0.25, 0.3) is 5.91 Å². The van der Waals surface area contributed by atoms with E-state index in [4.69, 9.17) is 19.3 Å². The highest BCUT2D eigenvalue weighted by atomic mass is 16.5. The molecule has 55 heavy (non-hydrogen) atoms. The summed E-state index contributed by atoms with van der Waals surface area (Å²) in [6.07, 6.45) is 4.38. The van der Waals surface area contributed by atoms with E-state index in [9.17, 15) is 9.59 Å². The molecule has 6 aromatic rings. The van der Waals surface area contributed by atoms with Crippen LogP contribution in [0, 0.1) is 0 Å². The van der Waals surface area contributed by atoms with Crippen molar-refractivity contribution in [3.63, 3.8) is 0 Å². The number of rotatable bonds is 16. The van der Waals surface area contributed by atoms with E-state index in [2.05, 4.69) is 38.2 Å². The lowest BCUT2D eigenvalue weighted by Gasteiger charge is -2.15. The molecule has 14 heteroatoms. The number of hydrogen-bond donors (Lipinski definition) is 4. The van der Waals surface area contributed by atoms with Gasteiger partial charge < -0.3 is 35.1 Å². The minimum absolute atomic E-state index is 0.204. The number of urea groups is 1. The summed E-state index contributed by atoms with van der Waals surface area (Å²) >= 11 is 0. The number of fused-ring (bicyclic) bond motifs is 1. The van der Waals surface area contributed by atoms with Crippen molar-refractivity contribution in [1.29, 1.82) is 0 Å². The van der Waals surface area contributed by atoms with E-state index in [1.165, 1.54) is 0 Å². The average Bonchev–Trinajstić information content (AvgIpc) is 3.59. The number of unbranched alkanes of at least 4 members (excludes halogenated alkanes) is 1. The number of aryl methyl sites for hydroxylation is 1. The highest BCUT2D eigenvalue weighted by molar-refractivity contribution is 6.07. The normalized spacial score (nSPS) is 10.9. The van der Waals surface area contributed by atoms with Crippen molar-refractivity contribution in [2.24, 2.45) is 0 Å². The standard InChI is InChI=1S/C41H45N9O5/c1-6-7-10-28-26-37(50(48-28)29-14-16-30(53-4)17-15-29)46-41(52)45-33-18-20-35(32-12-9-8-11-31(32)33)55-38-21-22-43-40(47-38)44-34-25-27(13-19-36(34)54-5)39(51)42-23-24-49(2)3/h8-9,11-22,25-26H,6-7,10,23-24H2,1-5H3,(H,42,51)(H,43,44,47)(H2,45,46,52). The predicted molar refractivity (Wildman–Crippen MR) is 215 cm³/mol. The van der Waals surface area contributed by atoms with Crippen LogP contribution in [0.1, 0.15) is 35.8 Å². The van der Waals surface area contributed by atoms with Crippen LogP contribution in [0.4, 0.5) is 27.9 Å². The molecule has 4 N–H and O–H groups in total. The van der Waals surface area contributed by atoms with Gasteiger partial charge in [0.2, 0.25) is 11.8 Å². The summed E-state index contributed by atoms with van der Waals surface area (Å²) in [5.41, 5.74) is 3.24. The van der Waals surface area contributed by atoms with Gasteiger partial charge in [0, 0.05) is 47.8 Å². The Morgan fingerprint density at radius 1 is 0.836 bits per heavy atom. The molecular weight excluding hydrogens is 699 g/mol. The van der Waals surface area contributed by atoms with Crippen LogP contribution >= 0.6 is 0 Å². The van der Waals surface area contributed by atoms with E-state index < -0.39 is 6.03 Å². The van der Waals surface area contributed by atoms with Gasteiger partial charge in [-0.25, -0.2) is 14.5 Å². The molecule has 2 heterocycles. The quantitative estimate of drug-likeness (QED) is 0.0777. The molecule has 0 spiro atoms. The van der Waals surface area contributed by atoms with Crippen LogP contribution in [0.3, 0.4) is 0 Å². The zero-order valence-electron chi connectivity index (χ0n) is 31.6. The summed E-state index contributed by atoms with van der Waals surface area (Å²) in [6.45, 7) is 3.36. The van der Waals surface area contributed by atoms with Gasteiger partial charge in [-0.3, -0.25) is 10.1 Å². The second-order valence-electron chi connectivity index (χ2n) is 12.9. The Balaban J connectivity index is 1.18. The number of amides is 3. The minimum atomic E-state index is -0.424. The molecule has 284 valence electrons. The topological polar surface area (TPSA) is 157 Å². The van der Waals surface area contributed by atoms with Gasteiger partial charge in [-0.1, -0.05) is 37.6 Å². The molecule has 0 saturated carbocycles. The number of ether oxygens (including phenoxy) is 3. The van der Waals surface area contributed by atoms with Gasteiger partial charge in [-0.05, 0) is 81.5 Å². The Morgan fingerprint density at radius 3 is 2.36 bits per heavy atom. The Labute approximate surface area is 319 Å². The molecule has 2 aromatic heterocycles. The van der Waals surface area contributed by atoms with Gasteiger partial charge in [0.1, 0.15) is 23.1 Å². The summed E-state index contributed by atoms with van der Waals surface area (Å²) < 4.78 is 18.9. The fourth-order valence-corrected chi connectivity index (χ4v) is 5.79. The van der Waals surface area contributed by atoms with Crippen molar-refractivity contribution in [3.8, 4) is 28.8 Å². The van der Waals surface area contributed by atoms with E-state index in [1.54, 1.807) is 61.5 Å². The van der Waals surface area contributed by atoms with Crippen LogP contribution in [-0.2, 0) is 6.42 Å². The van der Waals surface area contributed by atoms with E-state index >= 15 is 0 Å². The molecule has 0 unspecified atom stereocenters. The number of carbonyl (C=O) groups is 2. The van der Waals surface area contributed by atoms with Crippen molar-refractivity contribution in [1.82, 2.24) is 30.0 Å². The van der Waals surface area contributed by atoms with Crippen LogP contribution in [0.2, 0.25) is 0 Å². The Bertz CT molecular complexity index is 2260. The van der Waals surface area contributed by atoms with Crippen molar-refractivity contribution in [2.45, 2.75) is 26.2 Å². The third-order valence-electron chi connectivity index (χ3n) is 8.63. The number of benzene rings is 4. The van der Waals surface area contributed by atoms with Gasteiger partial charge >= 0.3 is 6.03 Å². The average molecular weight is 744 g/mol. The molecule has 0 aliphatic heterocycles. The van der Waals surface area contributed by atoms with Crippen molar-refractivity contribution < 1.29 is 23.8 Å².